The molecule has 2 aromatic rings. The first-order valence-corrected chi connectivity index (χ1v) is 7.21. The molecular formula is C15H19N5O. The lowest BCUT2D eigenvalue weighted by atomic mass is 9.94. The van der Waals surface area contributed by atoms with Crippen LogP contribution in [0.1, 0.15) is 19.8 Å². The molecule has 2 atom stereocenters. The number of hydrogen-bond donors (Lipinski definition) is 2. The van der Waals surface area contributed by atoms with Crippen molar-refractivity contribution in [3.05, 3.63) is 37.1 Å². The monoisotopic (exact) mass is 285 g/mol. The van der Waals surface area contributed by atoms with Crippen LogP contribution in [-0.4, -0.2) is 33.0 Å². The fraction of sp³-hybridized carbons (Fsp3) is 0.400. The number of carbonyl (C=O) groups excluding carboxylic acids is 1. The maximum atomic E-state index is 12.2. The number of piperidine rings is 1. The van der Waals surface area contributed by atoms with E-state index in [2.05, 4.69) is 27.5 Å². The number of imidazole rings is 1. The molecule has 0 saturated carbocycles. The standard InChI is InChI=1S/C15H19N5O/c1-11-4-5-17-13(8-11)15(21)19-12-2-3-14(18-9-12)20-7-6-16-10-20/h2-3,6-7,9-11,13,17H,4-5,8H2,1H3,(H,19,21). The second-order valence-electron chi connectivity index (χ2n) is 5.50. The fourth-order valence-electron chi connectivity index (χ4n) is 2.54. The number of pyridine rings is 1. The van der Waals surface area contributed by atoms with Gasteiger partial charge in [0.1, 0.15) is 12.1 Å². The highest BCUT2D eigenvalue weighted by Gasteiger charge is 2.24. The Labute approximate surface area is 123 Å². The van der Waals surface area contributed by atoms with Crippen LogP contribution in [0.4, 0.5) is 5.69 Å². The van der Waals surface area contributed by atoms with E-state index in [9.17, 15) is 4.79 Å². The highest BCUT2D eigenvalue weighted by Crippen LogP contribution is 2.17. The Morgan fingerprint density at radius 1 is 1.48 bits per heavy atom. The van der Waals surface area contributed by atoms with E-state index < -0.39 is 0 Å². The minimum absolute atomic E-state index is 0.0127. The van der Waals surface area contributed by atoms with Crippen LogP contribution in [0.15, 0.2) is 37.1 Å². The third kappa shape index (κ3) is 3.28. The maximum absolute atomic E-state index is 12.2. The molecule has 1 fully saturated rings. The van der Waals surface area contributed by atoms with E-state index in [1.165, 1.54) is 0 Å². The first-order valence-electron chi connectivity index (χ1n) is 7.21. The van der Waals surface area contributed by atoms with E-state index in [1.807, 2.05) is 22.9 Å². The SMILES string of the molecule is CC1CCNC(C(=O)Nc2ccc(-n3ccnc3)nc2)C1. The first-order chi connectivity index (χ1) is 10.2. The van der Waals surface area contributed by atoms with Crippen LogP contribution in [0.25, 0.3) is 5.82 Å². The molecule has 1 aliphatic heterocycles. The summed E-state index contributed by atoms with van der Waals surface area (Å²) in [5.74, 6) is 1.37. The molecule has 3 heterocycles. The minimum Gasteiger partial charge on any atom is -0.323 e. The van der Waals surface area contributed by atoms with Gasteiger partial charge in [0.2, 0.25) is 5.91 Å². The number of anilines is 1. The van der Waals surface area contributed by atoms with Gasteiger partial charge >= 0.3 is 0 Å². The number of rotatable bonds is 3. The Morgan fingerprint density at radius 3 is 3.05 bits per heavy atom. The van der Waals surface area contributed by atoms with Gasteiger partial charge in [0.15, 0.2) is 0 Å². The van der Waals surface area contributed by atoms with Gasteiger partial charge in [-0.1, -0.05) is 6.92 Å². The van der Waals surface area contributed by atoms with Gasteiger partial charge in [-0.3, -0.25) is 9.36 Å². The first kappa shape index (κ1) is 13.8. The summed E-state index contributed by atoms with van der Waals surface area (Å²) in [7, 11) is 0. The molecule has 1 saturated heterocycles. The quantitative estimate of drug-likeness (QED) is 0.898. The average Bonchev–Trinajstić information content (AvgIpc) is 3.02. The molecule has 6 heteroatoms. The van der Waals surface area contributed by atoms with Crippen molar-refractivity contribution in [2.75, 3.05) is 11.9 Å². The third-order valence-electron chi connectivity index (χ3n) is 3.77. The second-order valence-corrected chi connectivity index (χ2v) is 5.50. The molecule has 2 aromatic heterocycles. The molecule has 0 bridgehead atoms. The second kappa shape index (κ2) is 6.05. The van der Waals surface area contributed by atoms with Crippen LogP contribution in [0, 0.1) is 5.92 Å². The molecule has 1 aliphatic rings. The van der Waals surface area contributed by atoms with Crippen LogP contribution in [-0.2, 0) is 4.79 Å². The summed E-state index contributed by atoms with van der Waals surface area (Å²) >= 11 is 0. The number of nitrogens with one attached hydrogen (secondary N) is 2. The lowest BCUT2D eigenvalue weighted by Crippen LogP contribution is -2.45. The highest BCUT2D eigenvalue weighted by molar-refractivity contribution is 5.94. The lowest BCUT2D eigenvalue weighted by Gasteiger charge is -2.27. The predicted molar refractivity (Wildman–Crippen MR) is 80.2 cm³/mol. The zero-order valence-corrected chi connectivity index (χ0v) is 12.0. The smallest absolute Gasteiger partial charge is 0.241 e. The van der Waals surface area contributed by atoms with E-state index in [1.54, 1.807) is 18.7 Å². The summed E-state index contributed by atoms with van der Waals surface area (Å²) in [6.07, 6.45) is 8.89. The largest absolute Gasteiger partial charge is 0.323 e. The van der Waals surface area contributed by atoms with Gasteiger partial charge in [-0.05, 0) is 37.4 Å². The van der Waals surface area contributed by atoms with Crippen molar-refractivity contribution in [2.24, 2.45) is 5.92 Å². The Balaban J connectivity index is 1.63. The lowest BCUT2D eigenvalue weighted by molar-refractivity contribution is -0.119. The van der Waals surface area contributed by atoms with Crippen LogP contribution >= 0.6 is 0 Å². The Bertz CT molecular complexity index is 593. The summed E-state index contributed by atoms with van der Waals surface area (Å²) in [6, 6.07) is 3.60. The predicted octanol–water partition coefficient (Wildman–Crippen LogP) is 1.59. The minimum atomic E-state index is -0.109. The van der Waals surface area contributed by atoms with Gasteiger partial charge in [-0.25, -0.2) is 9.97 Å². The van der Waals surface area contributed by atoms with Crippen LogP contribution in [0.5, 0.6) is 0 Å². The fourth-order valence-corrected chi connectivity index (χ4v) is 2.54. The van der Waals surface area contributed by atoms with Crippen LogP contribution < -0.4 is 10.6 Å². The highest BCUT2D eigenvalue weighted by atomic mass is 16.2. The van der Waals surface area contributed by atoms with Gasteiger partial charge < -0.3 is 10.6 Å². The van der Waals surface area contributed by atoms with E-state index in [4.69, 9.17) is 0 Å². The number of amides is 1. The van der Waals surface area contributed by atoms with Crippen molar-refractivity contribution in [1.29, 1.82) is 0 Å². The van der Waals surface area contributed by atoms with Crippen molar-refractivity contribution >= 4 is 11.6 Å². The van der Waals surface area contributed by atoms with Crippen molar-refractivity contribution in [1.82, 2.24) is 19.9 Å². The van der Waals surface area contributed by atoms with Crippen molar-refractivity contribution in [3.63, 3.8) is 0 Å². The van der Waals surface area contributed by atoms with Gasteiger partial charge in [0.25, 0.3) is 0 Å². The molecule has 0 radical (unpaired) electrons. The Kier molecular flexibility index (Phi) is 3.96. The number of nitrogens with zero attached hydrogens (tertiary/aromatic N) is 3. The summed E-state index contributed by atoms with van der Waals surface area (Å²) in [5, 5.41) is 6.17. The van der Waals surface area contributed by atoms with E-state index in [0.717, 1.165) is 25.2 Å². The van der Waals surface area contributed by atoms with E-state index in [-0.39, 0.29) is 11.9 Å². The van der Waals surface area contributed by atoms with Crippen molar-refractivity contribution < 1.29 is 4.79 Å². The maximum Gasteiger partial charge on any atom is 0.241 e. The molecule has 3 rings (SSSR count). The number of aromatic nitrogens is 3. The molecule has 2 unspecified atom stereocenters. The van der Waals surface area contributed by atoms with Crippen LogP contribution in [0.3, 0.4) is 0 Å². The van der Waals surface area contributed by atoms with Gasteiger partial charge in [0, 0.05) is 12.4 Å². The molecule has 0 aromatic carbocycles. The topological polar surface area (TPSA) is 71.8 Å². The normalized spacial score (nSPS) is 22.0. The molecule has 110 valence electrons. The van der Waals surface area contributed by atoms with E-state index >= 15 is 0 Å². The molecule has 0 spiro atoms. The number of carbonyl (C=O) groups is 1. The molecule has 1 amide bonds. The zero-order chi connectivity index (χ0) is 14.7. The van der Waals surface area contributed by atoms with Gasteiger partial charge in [-0.15, -0.1) is 0 Å². The number of hydrogen-bond acceptors (Lipinski definition) is 4. The molecule has 6 nitrogen and oxygen atoms in total. The van der Waals surface area contributed by atoms with Crippen molar-refractivity contribution in [3.8, 4) is 5.82 Å². The molecule has 0 aliphatic carbocycles. The zero-order valence-electron chi connectivity index (χ0n) is 12.0. The molecular weight excluding hydrogens is 266 g/mol. The van der Waals surface area contributed by atoms with E-state index in [0.29, 0.717) is 11.6 Å². The average molecular weight is 285 g/mol. The molecule has 2 N–H and O–H groups in total. The van der Waals surface area contributed by atoms with Gasteiger partial charge in [-0.2, -0.15) is 0 Å². The van der Waals surface area contributed by atoms with Crippen LogP contribution in [0.2, 0.25) is 0 Å². The molecule has 21 heavy (non-hydrogen) atoms. The summed E-state index contributed by atoms with van der Waals surface area (Å²) < 4.78 is 1.82. The summed E-state index contributed by atoms with van der Waals surface area (Å²) in [6.45, 7) is 3.08. The van der Waals surface area contributed by atoms with Gasteiger partial charge in [0.05, 0.1) is 17.9 Å². The third-order valence-corrected chi connectivity index (χ3v) is 3.77. The van der Waals surface area contributed by atoms with Crippen molar-refractivity contribution in [2.45, 2.75) is 25.8 Å². The Morgan fingerprint density at radius 2 is 2.38 bits per heavy atom. The Hall–Kier alpha value is -2.21. The summed E-state index contributed by atoms with van der Waals surface area (Å²) in [5.41, 5.74) is 0.712. The summed E-state index contributed by atoms with van der Waals surface area (Å²) in [4.78, 5) is 20.5.